The highest BCUT2D eigenvalue weighted by Crippen LogP contribution is 2.41. The zero-order valence-electron chi connectivity index (χ0n) is 20.9. The third-order valence-electron chi connectivity index (χ3n) is 6.21. The zero-order valence-corrected chi connectivity index (χ0v) is 20.9. The molecule has 0 spiro atoms. The summed E-state index contributed by atoms with van der Waals surface area (Å²) in [5, 5.41) is 3.66. The third kappa shape index (κ3) is 4.90. The molecule has 5 nitrogen and oxygen atoms in total. The van der Waals surface area contributed by atoms with Gasteiger partial charge in [-0.3, -0.25) is 0 Å². The van der Waals surface area contributed by atoms with Crippen molar-refractivity contribution in [3.63, 3.8) is 0 Å². The summed E-state index contributed by atoms with van der Waals surface area (Å²) >= 11 is 0. The Labute approximate surface area is 220 Å². The minimum Gasteiger partial charge on any atom is -0.423 e. The number of nitrogens with zero attached hydrogens (tertiary/aromatic N) is 1. The zero-order chi connectivity index (χ0) is 26.6. The van der Waals surface area contributed by atoms with Crippen LogP contribution in [0.4, 0.5) is 17.1 Å². The van der Waals surface area contributed by atoms with E-state index in [-0.39, 0.29) is 0 Å². The minimum atomic E-state index is -0.508. The largest absolute Gasteiger partial charge is 0.423 e. The molecule has 5 aromatic carbocycles. The smallest absolute Gasteiger partial charge is 0.335 e. The predicted octanol–water partition coefficient (Wildman–Crippen LogP) is 7.95. The molecule has 38 heavy (non-hydrogen) atoms. The van der Waals surface area contributed by atoms with Crippen molar-refractivity contribution in [2.75, 3.05) is 4.90 Å². The van der Waals surface area contributed by atoms with Crippen LogP contribution in [0.15, 0.2) is 122 Å². The molecule has 186 valence electrons. The van der Waals surface area contributed by atoms with Gasteiger partial charge in [0.2, 0.25) is 0 Å². The summed E-state index contributed by atoms with van der Waals surface area (Å²) < 4.78 is 10.8. The Bertz CT molecular complexity index is 1700. The van der Waals surface area contributed by atoms with E-state index in [1.165, 1.54) is 0 Å². The van der Waals surface area contributed by atoms with Crippen LogP contribution in [-0.2, 0) is 9.59 Å². The normalized spacial score (nSPS) is 10.7. The molecule has 0 radical (unpaired) electrons. The highest BCUT2D eigenvalue weighted by molar-refractivity contribution is 6.03. The number of ether oxygens (including phenoxy) is 2. The molecule has 0 N–H and O–H groups in total. The van der Waals surface area contributed by atoms with Gasteiger partial charge in [0.05, 0.1) is 5.69 Å². The standard InChI is InChI=1S/C33H25NO4/c1-4-32(35)37-27-19-15-23-20-26(18-14-24(23)21-27)34(25-16-12-22(3)13-17-25)30-10-6-9-29-28(30)8-7-11-31(29)38-33(36)5-2/h4-21H,1-2H2,3H3. The molecule has 0 bridgehead atoms. The summed E-state index contributed by atoms with van der Waals surface area (Å²) in [4.78, 5) is 25.8. The van der Waals surface area contributed by atoms with E-state index in [1.54, 1.807) is 12.1 Å². The van der Waals surface area contributed by atoms with Crippen molar-refractivity contribution in [3.8, 4) is 11.5 Å². The summed E-state index contributed by atoms with van der Waals surface area (Å²) in [6.45, 7) is 9.01. The number of hydrogen-bond acceptors (Lipinski definition) is 5. The first kappa shape index (κ1) is 24.5. The summed E-state index contributed by atoms with van der Waals surface area (Å²) in [5.74, 6) is -0.0778. The van der Waals surface area contributed by atoms with Crippen LogP contribution in [0.25, 0.3) is 21.5 Å². The Morgan fingerprint density at radius 3 is 2.08 bits per heavy atom. The number of esters is 2. The van der Waals surface area contributed by atoms with Crippen molar-refractivity contribution in [2.45, 2.75) is 6.92 Å². The molecule has 0 aliphatic carbocycles. The molecule has 0 saturated carbocycles. The third-order valence-corrected chi connectivity index (χ3v) is 6.21. The molecule has 0 heterocycles. The highest BCUT2D eigenvalue weighted by atomic mass is 16.5. The first-order valence-corrected chi connectivity index (χ1v) is 12.1. The number of rotatable bonds is 7. The fourth-order valence-corrected chi connectivity index (χ4v) is 4.39. The highest BCUT2D eigenvalue weighted by Gasteiger charge is 2.17. The molecule has 0 aliphatic heterocycles. The van der Waals surface area contributed by atoms with Crippen molar-refractivity contribution in [1.82, 2.24) is 0 Å². The van der Waals surface area contributed by atoms with Crippen molar-refractivity contribution < 1.29 is 19.1 Å². The average molecular weight is 500 g/mol. The van der Waals surface area contributed by atoms with Crippen molar-refractivity contribution >= 4 is 50.5 Å². The van der Waals surface area contributed by atoms with Crippen LogP contribution < -0.4 is 14.4 Å². The van der Waals surface area contributed by atoms with E-state index in [0.717, 1.165) is 56.3 Å². The van der Waals surface area contributed by atoms with Gasteiger partial charge in [0.15, 0.2) is 0 Å². The van der Waals surface area contributed by atoms with E-state index in [9.17, 15) is 9.59 Å². The van der Waals surface area contributed by atoms with Crippen LogP contribution in [0.3, 0.4) is 0 Å². The van der Waals surface area contributed by atoms with Gasteiger partial charge in [0.1, 0.15) is 11.5 Å². The number of benzene rings is 5. The van der Waals surface area contributed by atoms with Crippen LogP contribution in [0.2, 0.25) is 0 Å². The SMILES string of the molecule is C=CC(=O)Oc1ccc2cc(N(c3ccc(C)cc3)c3cccc4c(OC(=O)C=C)cccc34)ccc2c1. The fourth-order valence-electron chi connectivity index (χ4n) is 4.39. The maximum Gasteiger partial charge on any atom is 0.335 e. The molecular weight excluding hydrogens is 474 g/mol. The lowest BCUT2D eigenvalue weighted by molar-refractivity contribution is -0.129. The second-order valence-corrected chi connectivity index (χ2v) is 8.74. The molecule has 0 aliphatic rings. The molecule has 5 rings (SSSR count). The number of anilines is 3. The van der Waals surface area contributed by atoms with Crippen molar-refractivity contribution in [2.24, 2.45) is 0 Å². The van der Waals surface area contributed by atoms with E-state index in [2.05, 4.69) is 55.3 Å². The summed E-state index contributed by atoms with van der Waals surface area (Å²) in [6, 6.07) is 31.5. The van der Waals surface area contributed by atoms with Crippen molar-refractivity contribution in [3.05, 3.63) is 128 Å². The Morgan fingerprint density at radius 2 is 1.32 bits per heavy atom. The lowest BCUT2D eigenvalue weighted by Crippen LogP contribution is -2.11. The molecule has 0 aromatic heterocycles. The lowest BCUT2D eigenvalue weighted by atomic mass is 10.0. The monoisotopic (exact) mass is 499 g/mol. The van der Waals surface area contributed by atoms with E-state index in [1.807, 2.05) is 54.6 Å². The summed E-state index contributed by atoms with van der Waals surface area (Å²) in [5.41, 5.74) is 4.01. The van der Waals surface area contributed by atoms with Crippen LogP contribution in [0.1, 0.15) is 5.56 Å². The number of aryl methyl sites for hydroxylation is 1. The maximum atomic E-state index is 12.0. The van der Waals surface area contributed by atoms with Gasteiger partial charge in [-0.15, -0.1) is 0 Å². The van der Waals surface area contributed by atoms with Gasteiger partial charge in [-0.25, -0.2) is 9.59 Å². The first-order chi connectivity index (χ1) is 18.5. The van der Waals surface area contributed by atoms with E-state index < -0.39 is 11.9 Å². The number of carbonyl (C=O) groups is 2. The van der Waals surface area contributed by atoms with Gasteiger partial charge in [-0.2, -0.15) is 0 Å². The number of hydrogen-bond donors (Lipinski definition) is 0. The van der Waals surface area contributed by atoms with Crippen LogP contribution >= 0.6 is 0 Å². The number of carbonyl (C=O) groups excluding carboxylic acids is 2. The van der Waals surface area contributed by atoms with Gasteiger partial charge >= 0.3 is 11.9 Å². The molecule has 0 unspecified atom stereocenters. The quantitative estimate of drug-likeness (QED) is 0.129. The van der Waals surface area contributed by atoms with Gasteiger partial charge in [-0.1, -0.05) is 67.3 Å². The molecule has 5 heteroatoms. The molecule has 0 fully saturated rings. The molecule has 0 atom stereocenters. The molecule has 0 saturated heterocycles. The molecular formula is C33H25NO4. The Hall–Kier alpha value is -5.16. The molecule has 5 aromatic rings. The summed E-state index contributed by atoms with van der Waals surface area (Å²) in [7, 11) is 0. The average Bonchev–Trinajstić information content (AvgIpc) is 2.94. The Kier molecular flexibility index (Phi) is 6.74. The van der Waals surface area contributed by atoms with E-state index in [4.69, 9.17) is 9.47 Å². The van der Waals surface area contributed by atoms with E-state index in [0.29, 0.717) is 11.5 Å². The Balaban J connectivity index is 1.67. The van der Waals surface area contributed by atoms with Crippen molar-refractivity contribution in [1.29, 1.82) is 0 Å². The Morgan fingerprint density at radius 1 is 0.684 bits per heavy atom. The molecule has 0 amide bonds. The van der Waals surface area contributed by atoms with Crippen LogP contribution in [-0.4, -0.2) is 11.9 Å². The van der Waals surface area contributed by atoms with E-state index >= 15 is 0 Å². The van der Waals surface area contributed by atoms with Gasteiger partial charge in [-0.05, 0) is 66.2 Å². The van der Waals surface area contributed by atoms with Crippen LogP contribution in [0, 0.1) is 6.92 Å². The predicted molar refractivity (Wildman–Crippen MR) is 153 cm³/mol. The van der Waals surface area contributed by atoms with Gasteiger partial charge < -0.3 is 14.4 Å². The topological polar surface area (TPSA) is 55.8 Å². The maximum absolute atomic E-state index is 12.0. The minimum absolute atomic E-state index is 0.459. The summed E-state index contributed by atoms with van der Waals surface area (Å²) in [6.07, 6.45) is 2.29. The lowest BCUT2D eigenvalue weighted by Gasteiger charge is -2.27. The number of fused-ring (bicyclic) bond motifs is 2. The fraction of sp³-hybridized carbons (Fsp3) is 0.0303. The second-order valence-electron chi connectivity index (χ2n) is 8.74. The second kappa shape index (κ2) is 10.4. The van der Waals surface area contributed by atoms with Gasteiger partial charge in [0.25, 0.3) is 0 Å². The first-order valence-electron chi connectivity index (χ1n) is 12.1. The van der Waals surface area contributed by atoms with Gasteiger partial charge in [0, 0.05) is 34.3 Å². The van der Waals surface area contributed by atoms with Crippen LogP contribution in [0.5, 0.6) is 11.5 Å².